The van der Waals surface area contributed by atoms with Gasteiger partial charge in [0, 0.05) is 79.7 Å². The quantitative estimate of drug-likeness (QED) is 0.411. The van der Waals surface area contributed by atoms with Crippen molar-refractivity contribution in [2.45, 2.75) is 32.9 Å². The van der Waals surface area contributed by atoms with Crippen LogP contribution in [0.5, 0.6) is 0 Å². The second-order valence-electron chi connectivity index (χ2n) is 9.81. The van der Waals surface area contributed by atoms with Crippen LogP contribution in [0.4, 0.5) is 29.1 Å². The molecule has 0 spiro atoms. The molecular formula is C29H35F4N5. The van der Waals surface area contributed by atoms with Crippen molar-refractivity contribution in [2.24, 2.45) is 0 Å². The number of halogens is 4. The van der Waals surface area contributed by atoms with Crippen LogP contribution in [-0.2, 0) is 0 Å². The van der Waals surface area contributed by atoms with Crippen molar-refractivity contribution in [3.8, 4) is 11.1 Å². The van der Waals surface area contributed by atoms with Gasteiger partial charge in [0.2, 0.25) is 0 Å². The fourth-order valence-corrected chi connectivity index (χ4v) is 4.94. The number of anilines is 2. The summed E-state index contributed by atoms with van der Waals surface area (Å²) in [4.78, 5) is 10.7. The molecule has 2 aliphatic rings. The molecule has 0 aliphatic carbocycles. The van der Waals surface area contributed by atoms with Crippen LogP contribution in [0, 0.1) is 5.82 Å². The number of nitrogens with zero attached hydrogens (tertiary/aromatic N) is 4. The maximum Gasteiger partial charge on any atom is 0.417 e. The van der Waals surface area contributed by atoms with Gasteiger partial charge in [0.05, 0.1) is 5.57 Å². The number of hydrogen-bond donors (Lipinski definition) is 1. The smallest absolute Gasteiger partial charge is 0.368 e. The standard InChI is InChI=1S/C29H35F4N5/c1-5-9-38(10-6-2)28-16-21(7-8-34-28)22-17-23(24-19-35-20(3)15-25(24)29(31,32)33)27(18-26(22)30)37-13-11-36(4)12-14-37/h7-8,15-19,35H,3,5-6,9-14H2,1-2,4H3. The van der Waals surface area contributed by atoms with Crippen LogP contribution in [0.1, 0.15) is 32.3 Å². The van der Waals surface area contributed by atoms with Crippen molar-refractivity contribution in [1.29, 1.82) is 0 Å². The summed E-state index contributed by atoms with van der Waals surface area (Å²) in [5.41, 5.74) is 0.892. The summed E-state index contributed by atoms with van der Waals surface area (Å²) in [6.45, 7) is 12.1. The first-order valence-electron chi connectivity index (χ1n) is 13.1. The van der Waals surface area contributed by atoms with Crippen molar-refractivity contribution in [3.63, 3.8) is 0 Å². The maximum absolute atomic E-state index is 15.8. The minimum absolute atomic E-state index is 0.0343. The Morgan fingerprint density at radius 1 is 1.03 bits per heavy atom. The molecule has 0 radical (unpaired) electrons. The molecule has 0 atom stereocenters. The molecule has 1 aromatic carbocycles. The number of piperazine rings is 1. The number of pyridine rings is 1. The van der Waals surface area contributed by atoms with Gasteiger partial charge in [-0.1, -0.05) is 20.4 Å². The molecule has 3 heterocycles. The van der Waals surface area contributed by atoms with Crippen molar-refractivity contribution >= 4 is 17.1 Å². The highest BCUT2D eigenvalue weighted by Gasteiger charge is 2.39. The molecule has 4 rings (SSSR count). The van der Waals surface area contributed by atoms with E-state index in [0.29, 0.717) is 29.9 Å². The lowest BCUT2D eigenvalue weighted by Gasteiger charge is -2.36. The predicted octanol–water partition coefficient (Wildman–Crippen LogP) is 6.21. The van der Waals surface area contributed by atoms with Gasteiger partial charge in [-0.3, -0.25) is 0 Å². The Kier molecular flexibility index (Phi) is 8.45. The topological polar surface area (TPSA) is 34.6 Å². The highest BCUT2D eigenvalue weighted by molar-refractivity contribution is 5.90. The van der Waals surface area contributed by atoms with Crippen molar-refractivity contribution < 1.29 is 17.6 Å². The number of dihydropyridines is 1. The third kappa shape index (κ3) is 6.04. The first-order chi connectivity index (χ1) is 18.1. The molecule has 204 valence electrons. The molecule has 0 bridgehead atoms. The van der Waals surface area contributed by atoms with Crippen LogP contribution >= 0.6 is 0 Å². The third-order valence-electron chi connectivity index (χ3n) is 6.90. The Labute approximate surface area is 222 Å². The zero-order valence-electron chi connectivity index (χ0n) is 22.2. The number of alkyl halides is 3. The zero-order valence-corrected chi connectivity index (χ0v) is 22.2. The van der Waals surface area contributed by atoms with Crippen LogP contribution in [0.25, 0.3) is 16.7 Å². The van der Waals surface area contributed by atoms with Crippen LogP contribution in [0.3, 0.4) is 0 Å². The Morgan fingerprint density at radius 2 is 1.71 bits per heavy atom. The lowest BCUT2D eigenvalue weighted by molar-refractivity contribution is -0.0872. The SMILES string of the molecule is C=C1C=C(C(F)(F)F)C(c2cc(-c3ccnc(N(CCC)CCC)c3)c(F)cc2N2CCN(C)CC2)=CN1. The van der Waals surface area contributed by atoms with E-state index in [0.717, 1.165) is 50.9 Å². The van der Waals surface area contributed by atoms with Crippen molar-refractivity contribution in [3.05, 3.63) is 72.0 Å². The summed E-state index contributed by atoms with van der Waals surface area (Å²) in [6.07, 6.45) is 1.22. The first-order valence-corrected chi connectivity index (χ1v) is 13.1. The third-order valence-corrected chi connectivity index (χ3v) is 6.90. The zero-order chi connectivity index (χ0) is 27.4. The van der Waals surface area contributed by atoms with E-state index in [1.807, 2.05) is 18.0 Å². The molecule has 0 saturated carbocycles. The average Bonchev–Trinajstić information content (AvgIpc) is 2.88. The van der Waals surface area contributed by atoms with Gasteiger partial charge < -0.3 is 20.0 Å². The molecule has 1 aromatic heterocycles. The summed E-state index contributed by atoms with van der Waals surface area (Å²) >= 11 is 0. The first kappa shape index (κ1) is 27.7. The van der Waals surface area contributed by atoms with Gasteiger partial charge in [0.15, 0.2) is 0 Å². The lowest BCUT2D eigenvalue weighted by atomic mass is 9.90. The average molecular weight is 530 g/mol. The number of aromatic nitrogens is 1. The second kappa shape index (κ2) is 11.6. The van der Waals surface area contributed by atoms with E-state index in [1.165, 1.54) is 12.3 Å². The highest BCUT2D eigenvalue weighted by atomic mass is 19.4. The Bertz CT molecular complexity index is 1220. The number of likely N-dealkylation sites (N-methyl/N-ethyl adjacent to an activating group) is 1. The van der Waals surface area contributed by atoms with E-state index in [9.17, 15) is 13.2 Å². The van der Waals surface area contributed by atoms with E-state index in [1.54, 1.807) is 18.3 Å². The van der Waals surface area contributed by atoms with Gasteiger partial charge in [0.25, 0.3) is 0 Å². The number of benzene rings is 1. The molecule has 9 heteroatoms. The van der Waals surface area contributed by atoms with E-state index < -0.39 is 17.6 Å². The van der Waals surface area contributed by atoms with Crippen LogP contribution in [-0.4, -0.2) is 62.4 Å². The summed E-state index contributed by atoms with van der Waals surface area (Å²) < 4.78 is 58.3. The van der Waals surface area contributed by atoms with Gasteiger partial charge in [-0.25, -0.2) is 9.37 Å². The lowest BCUT2D eigenvalue weighted by Crippen LogP contribution is -2.45. The molecule has 0 unspecified atom stereocenters. The molecule has 38 heavy (non-hydrogen) atoms. The summed E-state index contributed by atoms with van der Waals surface area (Å²) in [5.74, 6) is 0.240. The Morgan fingerprint density at radius 3 is 2.34 bits per heavy atom. The number of nitrogens with one attached hydrogen (secondary N) is 1. The normalized spacial score (nSPS) is 16.7. The van der Waals surface area contributed by atoms with E-state index >= 15 is 4.39 Å². The molecule has 1 saturated heterocycles. The molecule has 2 aliphatic heterocycles. The fraction of sp³-hybridized carbons (Fsp3) is 0.414. The Balaban J connectivity index is 1.86. The minimum atomic E-state index is -4.60. The molecule has 1 fully saturated rings. The van der Waals surface area contributed by atoms with Gasteiger partial charge >= 0.3 is 6.18 Å². The van der Waals surface area contributed by atoms with Gasteiger partial charge in [0.1, 0.15) is 11.6 Å². The van der Waals surface area contributed by atoms with E-state index in [-0.39, 0.29) is 16.8 Å². The van der Waals surface area contributed by atoms with Crippen LogP contribution < -0.4 is 15.1 Å². The Hall–Kier alpha value is -3.33. The van der Waals surface area contributed by atoms with Crippen LogP contribution in [0.2, 0.25) is 0 Å². The predicted molar refractivity (Wildman–Crippen MR) is 147 cm³/mol. The highest BCUT2D eigenvalue weighted by Crippen LogP contribution is 2.43. The van der Waals surface area contributed by atoms with Gasteiger partial charge in [-0.05, 0) is 55.8 Å². The molecule has 1 N–H and O–H groups in total. The van der Waals surface area contributed by atoms with E-state index in [2.05, 4.69) is 40.5 Å². The summed E-state index contributed by atoms with van der Waals surface area (Å²) in [5, 5.41) is 2.83. The minimum Gasteiger partial charge on any atom is -0.368 e. The van der Waals surface area contributed by atoms with Crippen LogP contribution in [0.15, 0.2) is 60.6 Å². The maximum atomic E-state index is 15.8. The largest absolute Gasteiger partial charge is 0.417 e. The molecule has 5 nitrogen and oxygen atoms in total. The van der Waals surface area contributed by atoms with Gasteiger partial charge in [-0.2, -0.15) is 13.2 Å². The summed E-state index contributed by atoms with van der Waals surface area (Å²) in [6, 6.07) is 6.45. The number of hydrogen-bond acceptors (Lipinski definition) is 5. The van der Waals surface area contributed by atoms with Gasteiger partial charge in [-0.15, -0.1) is 0 Å². The fourth-order valence-electron chi connectivity index (χ4n) is 4.94. The van der Waals surface area contributed by atoms with Crippen molar-refractivity contribution in [1.82, 2.24) is 15.2 Å². The van der Waals surface area contributed by atoms with E-state index in [4.69, 9.17) is 0 Å². The van der Waals surface area contributed by atoms with Crippen molar-refractivity contribution in [2.75, 3.05) is 56.1 Å². The monoisotopic (exact) mass is 529 g/mol. The summed E-state index contributed by atoms with van der Waals surface area (Å²) in [7, 11) is 1.99. The second-order valence-corrected chi connectivity index (χ2v) is 9.81. The molecule has 2 aromatic rings. The number of allylic oxidation sites excluding steroid dienone is 3. The molecule has 0 amide bonds. The molecular weight excluding hydrogens is 494 g/mol. The number of rotatable bonds is 8.